The lowest BCUT2D eigenvalue weighted by molar-refractivity contribution is 0.0928. The van der Waals surface area contributed by atoms with Gasteiger partial charge in [-0.05, 0) is 36.5 Å². The van der Waals surface area contributed by atoms with E-state index >= 15 is 0 Å². The third kappa shape index (κ3) is 4.73. The topological polar surface area (TPSA) is 71.4 Å². The number of rotatable bonds is 7. The molecule has 0 saturated carbocycles. The van der Waals surface area contributed by atoms with Crippen LogP contribution in [0, 0.1) is 0 Å². The molecule has 1 saturated heterocycles. The Morgan fingerprint density at radius 2 is 1.61 bits per heavy atom. The number of hydrogen-bond donors (Lipinski definition) is 1. The fraction of sp³-hybridized carbons (Fsp3) is 0.292. The van der Waals surface area contributed by atoms with Crippen molar-refractivity contribution in [1.82, 2.24) is 14.2 Å². The van der Waals surface area contributed by atoms with Crippen LogP contribution in [0.25, 0.3) is 0 Å². The van der Waals surface area contributed by atoms with Crippen molar-refractivity contribution in [3.63, 3.8) is 0 Å². The number of aromatic nitrogens is 1. The van der Waals surface area contributed by atoms with Gasteiger partial charge in [-0.1, -0.05) is 60.7 Å². The highest BCUT2D eigenvalue weighted by Gasteiger charge is 2.30. The van der Waals surface area contributed by atoms with E-state index in [2.05, 4.69) is 5.32 Å². The molecule has 162 valence electrons. The van der Waals surface area contributed by atoms with Gasteiger partial charge in [0.1, 0.15) is 10.6 Å². The van der Waals surface area contributed by atoms with Crippen LogP contribution >= 0.6 is 0 Å². The first-order valence-corrected chi connectivity index (χ1v) is 12.0. The maximum absolute atomic E-state index is 13.2. The zero-order valence-corrected chi connectivity index (χ0v) is 18.4. The highest BCUT2D eigenvalue weighted by Crippen LogP contribution is 2.24. The van der Waals surface area contributed by atoms with Gasteiger partial charge in [0.05, 0.1) is 6.04 Å². The van der Waals surface area contributed by atoms with Crippen molar-refractivity contribution < 1.29 is 13.2 Å². The average molecular weight is 438 g/mol. The van der Waals surface area contributed by atoms with Crippen molar-refractivity contribution in [3.8, 4) is 0 Å². The SMILES string of the molecule is Cn1cc(S(=O)(=O)N2CCCC2)cc1C(=O)N[C@@H](Cc1ccccc1)c1ccccc1. The average Bonchev–Trinajstić information content (AvgIpc) is 3.45. The summed E-state index contributed by atoms with van der Waals surface area (Å²) in [6, 6.07) is 21.0. The predicted molar refractivity (Wildman–Crippen MR) is 120 cm³/mol. The lowest BCUT2D eigenvalue weighted by atomic mass is 9.98. The number of carbonyl (C=O) groups is 1. The Kier molecular flexibility index (Phi) is 6.25. The maximum atomic E-state index is 13.2. The van der Waals surface area contributed by atoms with Crippen molar-refractivity contribution in [2.45, 2.75) is 30.2 Å². The van der Waals surface area contributed by atoms with Crippen LogP contribution in [0.4, 0.5) is 0 Å². The molecule has 0 radical (unpaired) electrons. The summed E-state index contributed by atoms with van der Waals surface area (Å²) < 4.78 is 28.9. The predicted octanol–water partition coefficient (Wildman–Crippen LogP) is 3.52. The molecule has 1 aliphatic rings. The van der Waals surface area contributed by atoms with E-state index < -0.39 is 10.0 Å². The normalized spacial score (nSPS) is 15.6. The number of amides is 1. The molecule has 1 N–H and O–H groups in total. The van der Waals surface area contributed by atoms with Crippen molar-refractivity contribution in [2.24, 2.45) is 7.05 Å². The van der Waals surface area contributed by atoms with Gasteiger partial charge >= 0.3 is 0 Å². The summed E-state index contributed by atoms with van der Waals surface area (Å²) in [6.07, 6.45) is 3.91. The van der Waals surface area contributed by atoms with Crippen molar-refractivity contribution >= 4 is 15.9 Å². The van der Waals surface area contributed by atoms with Gasteiger partial charge in [-0.15, -0.1) is 0 Å². The molecule has 31 heavy (non-hydrogen) atoms. The molecule has 1 fully saturated rings. The fourth-order valence-corrected chi connectivity index (χ4v) is 5.59. The first kappa shape index (κ1) is 21.3. The van der Waals surface area contributed by atoms with E-state index in [1.54, 1.807) is 11.6 Å². The highest BCUT2D eigenvalue weighted by atomic mass is 32.2. The number of carbonyl (C=O) groups excluding carboxylic acids is 1. The lowest BCUT2D eigenvalue weighted by Gasteiger charge is -2.20. The molecular weight excluding hydrogens is 410 g/mol. The fourth-order valence-electron chi connectivity index (χ4n) is 4.00. The van der Waals surface area contributed by atoms with Crippen molar-refractivity contribution in [1.29, 1.82) is 0 Å². The monoisotopic (exact) mass is 437 g/mol. The number of aryl methyl sites for hydroxylation is 1. The van der Waals surface area contributed by atoms with Crippen molar-refractivity contribution in [3.05, 3.63) is 89.7 Å². The molecule has 6 nitrogen and oxygen atoms in total. The Bertz CT molecular complexity index is 1140. The first-order valence-electron chi connectivity index (χ1n) is 10.5. The molecule has 1 aliphatic heterocycles. The van der Waals surface area contributed by atoms with Gasteiger partial charge in [0, 0.05) is 26.3 Å². The molecule has 1 aromatic heterocycles. The maximum Gasteiger partial charge on any atom is 0.268 e. The lowest BCUT2D eigenvalue weighted by Crippen LogP contribution is -2.31. The van der Waals surface area contributed by atoms with Crippen LogP contribution in [0.3, 0.4) is 0 Å². The Hall–Kier alpha value is -2.90. The second-order valence-electron chi connectivity index (χ2n) is 7.91. The summed E-state index contributed by atoms with van der Waals surface area (Å²) in [6.45, 7) is 1.07. The van der Waals surface area contributed by atoms with Gasteiger partial charge in [0.25, 0.3) is 5.91 Å². The van der Waals surface area contributed by atoms with Crippen LogP contribution in [0.5, 0.6) is 0 Å². The van der Waals surface area contributed by atoms with E-state index in [0.717, 1.165) is 24.0 Å². The molecule has 0 unspecified atom stereocenters. The van der Waals surface area contributed by atoms with E-state index in [1.807, 2.05) is 60.7 Å². The molecule has 2 heterocycles. The smallest absolute Gasteiger partial charge is 0.268 e. The molecule has 0 spiro atoms. The van der Waals surface area contributed by atoms with Gasteiger partial charge in [0.2, 0.25) is 10.0 Å². The van der Waals surface area contributed by atoms with Crippen LogP contribution in [0.1, 0.15) is 40.5 Å². The highest BCUT2D eigenvalue weighted by molar-refractivity contribution is 7.89. The molecule has 1 atom stereocenters. The zero-order chi connectivity index (χ0) is 21.8. The summed E-state index contributed by atoms with van der Waals surface area (Å²) in [7, 11) is -1.87. The van der Waals surface area contributed by atoms with Gasteiger partial charge < -0.3 is 9.88 Å². The Balaban J connectivity index is 1.58. The second-order valence-corrected chi connectivity index (χ2v) is 9.85. The number of benzene rings is 2. The molecule has 0 aliphatic carbocycles. The Morgan fingerprint density at radius 1 is 1.00 bits per heavy atom. The van der Waals surface area contributed by atoms with Gasteiger partial charge in [0.15, 0.2) is 0 Å². The molecule has 0 bridgehead atoms. The van der Waals surface area contributed by atoms with Crippen LogP contribution < -0.4 is 5.32 Å². The summed E-state index contributed by atoms with van der Waals surface area (Å²) >= 11 is 0. The summed E-state index contributed by atoms with van der Waals surface area (Å²) in [5.41, 5.74) is 2.44. The largest absolute Gasteiger partial charge is 0.345 e. The zero-order valence-electron chi connectivity index (χ0n) is 17.6. The quantitative estimate of drug-likeness (QED) is 0.615. The number of sulfonamides is 1. The van der Waals surface area contributed by atoms with Crippen LogP contribution in [-0.2, 0) is 23.5 Å². The van der Waals surface area contributed by atoms with E-state index in [9.17, 15) is 13.2 Å². The van der Waals surface area contributed by atoms with E-state index in [4.69, 9.17) is 0 Å². The summed E-state index contributed by atoms with van der Waals surface area (Å²) in [4.78, 5) is 13.3. The molecule has 3 aromatic rings. The second kappa shape index (κ2) is 9.08. The third-order valence-electron chi connectivity index (χ3n) is 5.71. The Morgan fingerprint density at radius 3 is 2.26 bits per heavy atom. The summed E-state index contributed by atoms with van der Waals surface area (Å²) in [5, 5.41) is 3.11. The molecule has 2 aromatic carbocycles. The molecule has 1 amide bonds. The number of nitrogens with zero attached hydrogens (tertiary/aromatic N) is 2. The van der Waals surface area contributed by atoms with Crippen LogP contribution in [0.15, 0.2) is 77.8 Å². The van der Waals surface area contributed by atoms with Crippen LogP contribution in [0.2, 0.25) is 0 Å². The standard InChI is InChI=1S/C24H27N3O3S/c1-26-18-21(31(29,30)27-14-8-9-15-27)17-23(26)24(28)25-22(20-12-6-3-7-13-20)16-19-10-4-2-5-11-19/h2-7,10-13,17-18,22H,8-9,14-16H2,1H3,(H,25,28)/t22-/m0/s1. The number of nitrogens with one attached hydrogen (secondary N) is 1. The Labute approximate surface area is 183 Å². The minimum atomic E-state index is -3.57. The van der Waals surface area contributed by atoms with Crippen LogP contribution in [-0.4, -0.2) is 36.3 Å². The van der Waals surface area contributed by atoms with Gasteiger partial charge in [-0.2, -0.15) is 4.31 Å². The first-order chi connectivity index (χ1) is 14.9. The summed E-state index contributed by atoms with van der Waals surface area (Å²) in [5.74, 6) is -0.296. The van der Waals surface area contributed by atoms with Gasteiger partial charge in [-0.25, -0.2) is 8.42 Å². The molecular formula is C24H27N3O3S. The van der Waals surface area contributed by atoms with E-state index in [0.29, 0.717) is 25.2 Å². The van der Waals surface area contributed by atoms with Gasteiger partial charge in [-0.3, -0.25) is 4.79 Å². The van der Waals surface area contributed by atoms with Crippen molar-refractivity contribution in [2.75, 3.05) is 13.1 Å². The van der Waals surface area contributed by atoms with E-state index in [1.165, 1.54) is 16.6 Å². The molecule has 7 heteroatoms. The number of hydrogen-bond acceptors (Lipinski definition) is 3. The molecule has 4 rings (SSSR count). The van der Waals surface area contributed by atoms with E-state index in [-0.39, 0.29) is 16.8 Å². The minimum absolute atomic E-state index is 0.168. The minimum Gasteiger partial charge on any atom is -0.345 e. The third-order valence-corrected chi connectivity index (χ3v) is 7.57.